The Morgan fingerprint density at radius 1 is 1.50 bits per heavy atom. The summed E-state index contributed by atoms with van der Waals surface area (Å²) in [4.78, 5) is 2.49. The Labute approximate surface area is 87.1 Å². The van der Waals surface area contributed by atoms with Crippen LogP contribution >= 0.6 is 0 Å². The fraction of sp³-hybridized carbons (Fsp3) is 1.00. The molecule has 0 bridgehead atoms. The van der Waals surface area contributed by atoms with Gasteiger partial charge in [0.15, 0.2) is 0 Å². The highest BCUT2D eigenvalue weighted by Crippen LogP contribution is 2.26. The third-order valence-corrected chi connectivity index (χ3v) is 3.09. The van der Waals surface area contributed by atoms with Gasteiger partial charge in [-0.25, -0.2) is 0 Å². The van der Waals surface area contributed by atoms with Crippen LogP contribution in [-0.4, -0.2) is 49.0 Å². The molecule has 14 heavy (non-hydrogen) atoms. The maximum Gasteiger partial charge on any atom is 0.0615 e. The van der Waals surface area contributed by atoms with E-state index in [0.29, 0.717) is 12.6 Å². The summed E-state index contributed by atoms with van der Waals surface area (Å²) in [6.45, 7) is 4.30. The molecule has 84 valence electrons. The third-order valence-electron chi connectivity index (χ3n) is 3.09. The van der Waals surface area contributed by atoms with Crippen molar-refractivity contribution in [2.75, 3.05) is 26.9 Å². The molecule has 3 heteroatoms. The van der Waals surface area contributed by atoms with E-state index in [9.17, 15) is 0 Å². The molecule has 1 fully saturated rings. The van der Waals surface area contributed by atoms with Crippen molar-refractivity contribution in [2.45, 2.75) is 44.7 Å². The van der Waals surface area contributed by atoms with E-state index in [1.807, 2.05) is 0 Å². The van der Waals surface area contributed by atoms with Gasteiger partial charge < -0.3 is 9.84 Å². The van der Waals surface area contributed by atoms with Gasteiger partial charge in [0.2, 0.25) is 0 Å². The van der Waals surface area contributed by atoms with Crippen LogP contribution in [-0.2, 0) is 4.74 Å². The second-order valence-corrected chi connectivity index (χ2v) is 4.20. The third kappa shape index (κ3) is 3.23. The van der Waals surface area contributed by atoms with Crippen molar-refractivity contribution in [3.8, 4) is 0 Å². The summed E-state index contributed by atoms with van der Waals surface area (Å²) >= 11 is 0. The Morgan fingerprint density at radius 2 is 2.21 bits per heavy atom. The fourth-order valence-corrected chi connectivity index (χ4v) is 2.07. The van der Waals surface area contributed by atoms with Crippen molar-refractivity contribution < 1.29 is 9.84 Å². The molecule has 0 heterocycles. The van der Waals surface area contributed by atoms with Gasteiger partial charge in [-0.2, -0.15) is 0 Å². The van der Waals surface area contributed by atoms with E-state index < -0.39 is 0 Å². The van der Waals surface area contributed by atoms with Crippen LogP contribution in [0.3, 0.4) is 0 Å². The number of ether oxygens (including phenoxy) is 1. The molecular formula is C11H23NO2. The number of methoxy groups -OCH3 is 1. The lowest BCUT2D eigenvalue weighted by Gasteiger charge is -2.41. The van der Waals surface area contributed by atoms with E-state index in [4.69, 9.17) is 9.84 Å². The highest BCUT2D eigenvalue weighted by Gasteiger charge is 2.27. The van der Waals surface area contributed by atoms with Crippen LogP contribution in [0.15, 0.2) is 0 Å². The van der Waals surface area contributed by atoms with Crippen LogP contribution in [0, 0.1) is 0 Å². The molecule has 0 amide bonds. The molecule has 1 aliphatic rings. The molecule has 1 aliphatic carbocycles. The largest absolute Gasteiger partial charge is 0.396 e. The minimum absolute atomic E-state index is 0.295. The highest BCUT2D eigenvalue weighted by atomic mass is 16.5. The van der Waals surface area contributed by atoms with E-state index in [1.165, 1.54) is 19.3 Å². The van der Waals surface area contributed by atoms with Gasteiger partial charge in [-0.15, -0.1) is 0 Å². The Morgan fingerprint density at radius 3 is 2.64 bits per heavy atom. The van der Waals surface area contributed by atoms with Crippen LogP contribution in [0.4, 0.5) is 0 Å². The molecule has 0 aromatic carbocycles. The Bertz CT molecular complexity index is 148. The molecule has 3 nitrogen and oxygen atoms in total. The molecule has 0 saturated heterocycles. The normalized spacial score (nSPS) is 19.7. The van der Waals surface area contributed by atoms with Crippen molar-refractivity contribution >= 4 is 0 Å². The van der Waals surface area contributed by atoms with E-state index in [0.717, 1.165) is 25.6 Å². The van der Waals surface area contributed by atoms with Gasteiger partial charge >= 0.3 is 0 Å². The summed E-state index contributed by atoms with van der Waals surface area (Å²) < 4.78 is 5.18. The van der Waals surface area contributed by atoms with Crippen LogP contribution in [0.1, 0.15) is 32.6 Å². The molecule has 1 atom stereocenters. The summed E-state index contributed by atoms with van der Waals surface area (Å²) in [5, 5.41) is 8.84. The lowest BCUT2D eigenvalue weighted by Crippen LogP contribution is -2.47. The fourth-order valence-electron chi connectivity index (χ4n) is 2.07. The average molecular weight is 201 g/mol. The van der Waals surface area contributed by atoms with Gasteiger partial charge in [0.1, 0.15) is 0 Å². The zero-order valence-electron chi connectivity index (χ0n) is 9.41. The highest BCUT2D eigenvalue weighted by molar-refractivity contribution is 4.83. The molecule has 0 aromatic rings. The van der Waals surface area contributed by atoms with Gasteiger partial charge in [0.25, 0.3) is 0 Å². The van der Waals surface area contributed by atoms with Crippen molar-refractivity contribution in [2.24, 2.45) is 0 Å². The SMILES string of the molecule is COCC(C)N(CCCO)C1CCC1. The van der Waals surface area contributed by atoms with E-state index in [2.05, 4.69) is 11.8 Å². The molecule has 1 saturated carbocycles. The van der Waals surface area contributed by atoms with Crippen molar-refractivity contribution in [1.82, 2.24) is 4.90 Å². The molecule has 1 N–H and O–H groups in total. The number of aliphatic hydroxyl groups is 1. The van der Waals surface area contributed by atoms with Gasteiger partial charge in [0.05, 0.1) is 6.61 Å². The molecular weight excluding hydrogens is 178 g/mol. The minimum Gasteiger partial charge on any atom is -0.396 e. The van der Waals surface area contributed by atoms with Crippen molar-refractivity contribution in [3.05, 3.63) is 0 Å². The molecule has 0 aromatic heterocycles. The lowest BCUT2D eigenvalue weighted by molar-refractivity contribution is 0.0358. The average Bonchev–Trinajstić information content (AvgIpc) is 2.09. The summed E-state index contributed by atoms with van der Waals surface area (Å²) in [6, 6.07) is 1.23. The monoisotopic (exact) mass is 201 g/mol. The first-order valence-electron chi connectivity index (χ1n) is 5.65. The number of aliphatic hydroxyl groups excluding tert-OH is 1. The van der Waals surface area contributed by atoms with Gasteiger partial charge in [-0.3, -0.25) is 4.90 Å². The standard InChI is InChI=1S/C11H23NO2/c1-10(9-14-2)12(7-4-8-13)11-5-3-6-11/h10-11,13H,3-9H2,1-2H3. The smallest absolute Gasteiger partial charge is 0.0615 e. The Balaban J connectivity index is 2.34. The number of rotatable bonds is 7. The summed E-state index contributed by atoms with van der Waals surface area (Å²) in [5.74, 6) is 0. The summed E-state index contributed by atoms with van der Waals surface area (Å²) in [6.07, 6.45) is 4.88. The van der Waals surface area contributed by atoms with Crippen molar-refractivity contribution in [3.63, 3.8) is 0 Å². The zero-order valence-corrected chi connectivity index (χ0v) is 9.41. The topological polar surface area (TPSA) is 32.7 Å². The Hall–Kier alpha value is -0.120. The van der Waals surface area contributed by atoms with Gasteiger partial charge in [-0.1, -0.05) is 6.42 Å². The summed E-state index contributed by atoms with van der Waals surface area (Å²) in [7, 11) is 1.75. The van der Waals surface area contributed by atoms with Crippen LogP contribution in [0.2, 0.25) is 0 Å². The second kappa shape index (κ2) is 6.38. The van der Waals surface area contributed by atoms with Crippen LogP contribution in [0.5, 0.6) is 0 Å². The maximum atomic E-state index is 8.84. The summed E-state index contributed by atoms with van der Waals surface area (Å²) in [5.41, 5.74) is 0. The van der Waals surface area contributed by atoms with E-state index >= 15 is 0 Å². The molecule has 0 spiro atoms. The first-order chi connectivity index (χ1) is 6.79. The zero-order chi connectivity index (χ0) is 10.4. The molecule has 0 radical (unpaired) electrons. The number of nitrogens with zero attached hydrogens (tertiary/aromatic N) is 1. The van der Waals surface area contributed by atoms with E-state index in [-0.39, 0.29) is 0 Å². The lowest BCUT2D eigenvalue weighted by atomic mass is 9.90. The van der Waals surface area contributed by atoms with Gasteiger partial charge in [-0.05, 0) is 26.2 Å². The first-order valence-corrected chi connectivity index (χ1v) is 5.65. The molecule has 1 rings (SSSR count). The van der Waals surface area contributed by atoms with E-state index in [1.54, 1.807) is 7.11 Å². The second-order valence-electron chi connectivity index (χ2n) is 4.20. The molecule has 1 unspecified atom stereocenters. The predicted molar refractivity (Wildman–Crippen MR) is 57.4 cm³/mol. The number of hydrogen-bond acceptors (Lipinski definition) is 3. The van der Waals surface area contributed by atoms with Crippen LogP contribution in [0.25, 0.3) is 0 Å². The molecule has 0 aliphatic heterocycles. The minimum atomic E-state index is 0.295. The maximum absolute atomic E-state index is 8.84. The Kier molecular flexibility index (Phi) is 5.45. The predicted octanol–water partition coefficient (Wildman–Crippen LogP) is 1.26. The van der Waals surface area contributed by atoms with Crippen LogP contribution < -0.4 is 0 Å². The quantitative estimate of drug-likeness (QED) is 0.673. The van der Waals surface area contributed by atoms with Crippen molar-refractivity contribution in [1.29, 1.82) is 0 Å². The number of hydrogen-bond donors (Lipinski definition) is 1. The first kappa shape index (κ1) is 12.0. The van der Waals surface area contributed by atoms with Gasteiger partial charge in [0, 0.05) is 32.3 Å².